The predicted octanol–water partition coefficient (Wildman–Crippen LogP) is 7.71. The van der Waals surface area contributed by atoms with Crippen LogP contribution in [-0.4, -0.2) is 29.1 Å². The maximum absolute atomic E-state index is 13.1. The van der Waals surface area contributed by atoms with Crippen molar-refractivity contribution in [3.05, 3.63) is 105 Å². The number of rotatable bonds is 11. The zero-order chi connectivity index (χ0) is 29.9. The molecular weight excluding hydrogens is 561 g/mol. The highest BCUT2D eigenvalue weighted by Gasteiger charge is 2.34. The first-order chi connectivity index (χ1) is 18.8. The maximum atomic E-state index is 13.1. The molecule has 0 unspecified atom stereocenters. The van der Waals surface area contributed by atoms with Crippen molar-refractivity contribution in [1.82, 2.24) is 10.3 Å². The number of nitrogens with zero attached hydrogens (tertiary/aromatic N) is 2. The van der Waals surface area contributed by atoms with Crippen LogP contribution < -0.4 is 10.6 Å². The van der Waals surface area contributed by atoms with Gasteiger partial charge in [-0.15, -0.1) is 0 Å². The molecule has 2 rings (SSSR count). The quantitative estimate of drug-likeness (QED) is 0.157. The van der Waals surface area contributed by atoms with E-state index in [1.165, 1.54) is 6.21 Å². The second-order valence-electron chi connectivity index (χ2n) is 8.47. The summed E-state index contributed by atoms with van der Waals surface area (Å²) < 4.78 is 39.4. The molecule has 2 N–H and O–H groups in total. The van der Waals surface area contributed by atoms with Crippen LogP contribution >= 0.6 is 23.4 Å². The van der Waals surface area contributed by atoms with Crippen molar-refractivity contribution >= 4 is 47.2 Å². The number of pyridine rings is 1. The molecule has 1 aromatic heterocycles. The number of carbonyl (C=O) groups excluding carboxylic acids is 2. The van der Waals surface area contributed by atoms with Gasteiger partial charge in [-0.2, -0.15) is 13.2 Å². The molecule has 2 heterocycles. The highest BCUT2D eigenvalue weighted by atomic mass is 35.5. The van der Waals surface area contributed by atoms with Gasteiger partial charge in [-0.1, -0.05) is 73.0 Å². The first kappa shape index (κ1) is 32.6. The molecule has 0 radical (unpaired) electrons. The lowest BCUT2D eigenvalue weighted by atomic mass is 10.1. The number of amides is 2. The second-order valence-corrected chi connectivity index (χ2v) is 9.99. The number of aromatic nitrogens is 1. The fourth-order valence-electron chi connectivity index (χ4n) is 3.32. The lowest BCUT2D eigenvalue weighted by molar-refractivity contribution is -0.137. The van der Waals surface area contributed by atoms with Gasteiger partial charge in [0.25, 0.3) is 11.8 Å². The van der Waals surface area contributed by atoms with Crippen LogP contribution in [0.25, 0.3) is 0 Å². The van der Waals surface area contributed by atoms with Crippen LogP contribution in [0.2, 0.25) is 5.02 Å². The largest absolute Gasteiger partial charge is 0.418 e. The van der Waals surface area contributed by atoms with Crippen LogP contribution in [0.5, 0.6) is 0 Å². The summed E-state index contributed by atoms with van der Waals surface area (Å²) in [7, 11) is 0. The molecule has 212 valence electrons. The minimum Gasteiger partial charge on any atom is -0.344 e. The number of hydrogen-bond donors (Lipinski definition) is 2. The van der Waals surface area contributed by atoms with Crippen molar-refractivity contribution < 1.29 is 22.8 Å². The molecule has 1 aliphatic rings. The normalized spacial score (nSPS) is 15.2. The van der Waals surface area contributed by atoms with E-state index >= 15 is 0 Å². The van der Waals surface area contributed by atoms with Crippen molar-refractivity contribution in [3.8, 4) is 0 Å². The SMILES string of the molecule is C=C(/C=C\C)/C=C\CC(=C)/C=C(\N=CC)C(=O)N[C@H](C)C1=CCC=C(C(=O)Nc2cc(C(F)(F)F)c(Cl)cn2)S1. The molecular formula is C29H30ClF3N4O2S. The van der Waals surface area contributed by atoms with Gasteiger partial charge in [0.15, 0.2) is 0 Å². The van der Waals surface area contributed by atoms with Crippen molar-refractivity contribution in [2.45, 2.75) is 45.8 Å². The molecule has 0 aliphatic carbocycles. The fourth-order valence-corrected chi connectivity index (χ4v) is 4.53. The zero-order valence-electron chi connectivity index (χ0n) is 22.3. The number of thioether (sulfide) groups is 1. The molecule has 0 bridgehead atoms. The lowest BCUT2D eigenvalue weighted by Crippen LogP contribution is -2.34. The van der Waals surface area contributed by atoms with Gasteiger partial charge in [0.2, 0.25) is 0 Å². The molecule has 0 spiro atoms. The van der Waals surface area contributed by atoms with E-state index in [1.54, 1.807) is 26.0 Å². The Morgan fingerprint density at radius 1 is 1.25 bits per heavy atom. The number of carbonyl (C=O) groups is 2. The van der Waals surface area contributed by atoms with E-state index < -0.39 is 34.6 Å². The van der Waals surface area contributed by atoms with Gasteiger partial charge < -0.3 is 10.6 Å². The van der Waals surface area contributed by atoms with Crippen molar-refractivity contribution in [2.75, 3.05) is 5.32 Å². The van der Waals surface area contributed by atoms with Crippen molar-refractivity contribution in [1.29, 1.82) is 0 Å². The first-order valence-corrected chi connectivity index (χ1v) is 13.3. The summed E-state index contributed by atoms with van der Waals surface area (Å²) in [4.78, 5) is 34.6. The standard InChI is InChI=1S/C29H30ClF3N4O2S/c1-6-10-18(3)11-8-12-19(4)15-23(34-7-2)27(38)36-20(5)24-13-9-14-25(40-24)28(39)37-26-16-21(29(31,32)33)22(30)17-35-26/h6-8,10-11,13-17,20H,3-4,9,12H2,1-2,5H3,(H,36,38)(H,35,37,39)/b10-6-,11-8-,23-15-,34-7?/t20-/m1/s1. The molecule has 1 aromatic rings. The van der Waals surface area contributed by atoms with Crippen LogP contribution in [-0.2, 0) is 15.8 Å². The van der Waals surface area contributed by atoms with Gasteiger partial charge in [-0.05, 0) is 56.9 Å². The second kappa shape index (κ2) is 15.2. The minimum absolute atomic E-state index is 0.171. The van der Waals surface area contributed by atoms with Crippen LogP contribution in [0.3, 0.4) is 0 Å². The summed E-state index contributed by atoms with van der Waals surface area (Å²) in [5.74, 6) is -1.34. The third kappa shape index (κ3) is 10.2. The first-order valence-electron chi connectivity index (χ1n) is 12.1. The van der Waals surface area contributed by atoms with E-state index in [1.807, 2.05) is 37.3 Å². The van der Waals surface area contributed by atoms with Gasteiger partial charge in [-0.25, -0.2) is 4.98 Å². The Balaban J connectivity index is 2.04. The fraction of sp³-hybridized carbons (Fsp3) is 0.241. The Labute approximate surface area is 241 Å². The van der Waals surface area contributed by atoms with Crippen molar-refractivity contribution in [2.24, 2.45) is 4.99 Å². The summed E-state index contributed by atoms with van der Waals surface area (Å²) in [5.41, 5.74) is 0.585. The van der Waals surface area contributed by atoms with E-state index in [9.17, 15) is 22.8 Å². The third-order valence-electron chi connectivity index (χ3n) is 5.18. The molecule has 1 atom stereocenters. The number of nitrogens with one attached hydrogen (secondary N) is 2. The Morgan fingerprint density at radius 2 is 1.98 bits per heavy atom. The van der Waals surface area contributed by atoms with Crippen LogP contribution in [0, 0.1) is 0 Å². The summed E-state index contributed by atoms with van der Waals surface area (Å²) in [5, 5.41) is 4.67. The average molecular weight is 591 g/mol. The molecule has 2 amide bonds. The Morgan fingerprint density at radius 3 is 2.62 bits per heavy atom. The lowest BCUT2D eigenvalue weighted by Gasteiger charge is -2.21. The summed E-state index contributed by atoms with van der Waals surface area (Å²) in [6.07, 6.45) is 11.1. The van der Waals surface area contributed by atoms with Gasteiger partial charge >= 0.3 is 6.18 Å². The van der Waals surface area contributed by atoms with Crippen LogP contribution in [0.1, 0.15) is 39.2 Å². The van der Waals surface area contributed by atoms with Gasteiger partial charge in [0.1, 0.15) is 11.5 Å². The van der Waals surface area contributed by atoms with E-state index in [0.717, 1.165) is 23.5 Å². The van der Waals surface area contributed by atoms with E-state index in [4.69, 9.17) is 11.6 Å². The Bertz CT molecular complexity index is 1340. The van der Waals surface area contributed by atoms with Gasteiger partial charge in [0.05, 0.1) is 21.5 Å². The predicted molar refractivity (Wildman–Crippen MR) is 158 cm³/mol. The van der Waals surface area contributed by atoms with E-state index in [-0.39, 0.29) is 16.4 Å². The third-order valence-corrected chi connectivity index (χ3v) is 6.81. The zero-order valence-corrected chi connectivity index (χ0v) is 23.9. The minimum atomic E-state index is -4.69. The smallest absolute Gasteiger partial charge is 0.344 e. The number of hydrogen-bond acceptors (Lipinski definition) is 5. The summed E-state index contributed by atoms with van der Waals surface area (Å²) in [6, 6.07) is 0.199. The van der Waals surface area contributed by atoms with E-state index in [2.05, 4.69) is 33.8 Å². The Hall–Kier alpha value is -3.63. The molecule has 0 fully saturated rings. The average Bonchev–Trinajstić information content (AvgIpc) is 2.89. The van der Waals surface area contributed by atoms with Crippen molar-refractivity contribution in [3.63, 3.8) is 0 Å². The molecule has 11 heteroatoms. The molecule has 40 heavy (non-hydrogen) atoms. The van der Waals surface area contributed by atoms with Crippen LogP contribution in [0.15, 0.2) is 99.6 Å². The molecule has 0 saturated carbocycles. The van der Waals surface area contributed by atoms with E-state index in [0.29, 0.717) is 29.4 Å². The molecule has 6 nitrogen and oxygen atoms in total. The topological polar surface area (TPSA) is 83.5 Å². The van der Waals surface area contributed by atoms with Crippen LogP contribution in [0.4, 0.5) is 19.0 Å². The molecule has 1 aliphatic heterocycles. The highest BCUT2D eigenvalue weighted by molar-refractivity contribution is 8.07. The van der Waals surface area contributed by atoms with Gasteiger partial charge in [-0.3, -0.25) is 14.6 Å². The number of allylic oxidation sites excluding steroid dienone is 9. The number of halogens is 4. The summed E-state index contributed by atoms with van der Waals surface area (Å²) >= 11 is 6.70. The molecule has 0 saturated heterocycles. The molecule has 0 aromatic carbocycles. The monoisotopic (exact) mass is 590 g/mol. The highest BCUT2D eigenvalue weighted by Crippen LogP contribution is 2.36. The number of alkyl halides is 3. The maximum Gasteiger partial charge on any atom is 0.418 e. The Kier molecular flexibility index (Phi) is 12.4. The van der Waals surface area contributed by atoms with Gasteiger partial charge in [0, 0.05) is 17.3 Å². The number of aliphatic imine (C=N–C) groups is 1. The number of anilines is 1. The summed E-state index contributed by atoms with van der Waals surface area (Å²) in [6.45, 7) is 13.2.